The number of fused-ring (bicyclic) bond motifs is 1. The van der Waals surface area contributed by atoms with Crippen molar-refractivity contribution >= 4 is 10.9 Å². The lowest BCUT2D eigenvalue weighted by Crippen LogP contribution is -2.54. The van der Waals surface area contributed by atoms with Gasteiger partial charge in [0.1, 0.15) is 23.7 Å². The molecule has 2 heterocycles. The maximum Gasteiger partial charge on any atom is 0.150 e. The minimum Gasteiger partial charge on any atom is -0.377 e. The van der Waals surface area contributed by atoms with Crippen LogP contribution in [0.1, 0.15) is 51.0 Å². The van der Waals surface area contributed by atoms with Gasteiger partial charge in [-0.3, -0.25) is 5.32 Å². The van der Waals surface area contributed by atoms with Crippen LogP contribution in [0, 0.1) is 17.5 Å². The monoisotopic (exact) mass is 443 g/mol. The largest absolute Gasteiger partial charge is 0.377 e. The van der Waals surface area contributed by atoms with Gasteiger partial charge in [0.2, 0.25) is 0 Å². The summed E-state index contributed by atoms with van der Waals surface area (Å²) in [6.07, 6.45) is 2.76. The van der Waals surface area contributed by atoms with Crippen LogP contribution in [0.25, 0.3) is 22.2 Å². The van der Waals surface area contributed by atoms with Crippen LogP contribution >= 0.6 is 0 Å². The fourth-order valence-corrected chi connectivity index (χ4v) is 5.25. The van der Waals surface area contributed by atoms with Gasteiger partial charge in [-0.15, -0.1) is 0 Å². The second kappa shape index (κ2) is 7.90. The van der Waals surface area contributed by atoms with Gasteiger partial charge in [-0.05, 0) is 86.9 Å². The van der Waals surface area contributed by atoms with Crippen molar-refractivity contribution in [2.24, 2.45) is 0 Å². The smallest absolute Gasteiger partial charge is 0.150 e. The number of hydrogen-bond acceptors (Lipinski definition) is 3. The molecule has 0 amide bonds. The van der Waals surface area contributed by atoms with Crippen LogP contribution < -0.4 is 10.6 Å². The molecule has 4 nitrogen and oxygen atoms in total. The van der Waals surface area contributed by atoms with Crippen molar-refractivity contribution in [3.05, 3.63) is 59.4 Å². The van der Waals surface area contributed by atoms with Crippen molar-refractivity contribution in [1.82, 2.24) is 15.6 Å². The molecule has 0 radical (unpaired) electrons. The first-order valence-electron chi connectivity index (χ1n) is 11.2. The highest BCUT2D eigenvalue weighted by molar-refractivity contribution is 5.92. The van der Waals surface area contributed by atoms with Crippen LogP contribution in [0.4, 0.5) is 13.2 Å². The standard InChI is InChI=1S/C25H28F3N3O/c1-25(2)8-7-20(31-25)24(32)29-17-9-14(10-17)21-18-11-16(27)12-19(28)23(18)30-22(21)13-3-5-15(26)6-4-13/h3-6,11-12,14,17,20,24,29-32H,7-10H2,1-2H3. The lowest BCUT2D eigenvalue weighted by atomic mass is 9.74. The molecule has 2 atom stereocenters. The Bertz CT molecular complexity index is 1140. The summed E-state index contributed by atoms with van der Waals surface area (Å²) in [6, 6.07) is 8.36. The van der Waals surface area contributed by atoms with E-state index in [-0.39, 0.29) is 34.9 Å². The Kier molecular flexibility index (Phi) is 5.31. The van der Waals surface area contributed by atoms with Crippen LogP contribution in [-0.4, -0.2) is 33.9 Å². The summed E-state index contributed by atoms with van der Waals surface area (Å²) in [4.78, 5) is 3.11. The molecule has 1 aliphatic carbocycles. The number of aromatic amines is 1. The number of nitrogens with one attached hydrogen (secondary N) is 3. The van der Waals surface area contributed by atoms with Crippen LogP contribution in [0.3, 0.4) is 0 Å². The average Bonchev–Trinajstić information content (AvgIpc) is 3.25. The van der Waals surface area contributed by atoms with E-state index in [1.165, 1.54) is 18.2 Å². The molecule has 4 N–H and O–H groups in total. The molecule has 1 saturated heterocycles. The number of H-pyrrole nitrogens is 1. The van der Waals surface area contributed by atoms with Crippen LogP contribution in [0.5, 0.6) is 0 Å². The van der Waals surface area contributed by atoms with Crippen molar-refractivity contribution in [3.8, 4) is 11.3 Å². The number of halogens is 3. The Hall–Kier alpha value is -2.35. The second-order valence-electron chi connectivity index (χ2n) is 9.88. The summed E-state index contributed by atoms with van der Waals surface area (Å²) < 4.78 is 42.0. The molecule has 5 rings (SSSR count). The first kappa shape index (κ1) is 21.5. The van der Waals surface area contributed by atoms with Gasteiger partial charge >= 0.3 is 0 Å². The zero-order valence-electron chi connectivity index (χ0n) is 18.2. The van der Waals surface area contributed by atoms with Crippen molar-refractivity contribution in [3.63, 3.8) is 0 Å². The Morgan fingerprint density at radius 2 is 1.78 bits per heavy atom. The summed E-state index contributed by atoms with van der Waals surface area (Å²) >= 11 is 0. The molecular formula is C25H28F3N3O. The SMILES string of the molecule is CC1(C)CCC(C(O)NC2CC(c3c(-c4ccc(F)cc4)[nH]c4c(F)cc(F)cc34)C2)N1. The first-order valence-corrected chi connectivity index (χ1v) is 11.2. The van der Waals surface area contributed by atoms with E-state index in [1.54, 1.807) is 12.1 Å². The number of rotatable bonds is 5. The predicted molar refractivity (Wildman–Crippen MR) is 119 cm³/mol. The molecule has 0 bridgehead atoms. The van der Waals surface area contributed by atoms with Crippen LogP contribution in [-0.2, 0) is 0 Å². The van der Waals surface area contributed by atoms with E-state index >= 15 is 0 Å². The molecule has 2 fully saturated rings. The first-order chi connectivity index (χ1) is 15.2. The Morgan fingerprint density at radius 1 is 1.06 bits per heavy atom. The van der Waals surface area contributed by atoms with Crippen molar-refractivity contribution in [1.29, 1.82) is 0 Å². The maximum absolute atomic E-state index is 14.5. The number of hydrogen-bond donors (Lipinski definition) is 4. The topological polar surface area (TPSA) is 60.1 Å². The minimum absolute atomic E-state index is 0.00936. The molecule has 7 heteroatoms. The molecule has 1 aliphatic heterocycles. The molecule has 32 heavy (non-hydrogen) atoms. The van der Waals surface area contributed by atoms with Crippen LogP contribution in [0.2, 0.25) is 0 Å². The van der Waals surface area contributed by atoms with Gasteiger partial charge in [0.25, 0.3) is 0 Å². The van der Waals surface area contributed by atoms with E-state index in [1.807, 2.05) is 0 Å². The van der Waals surface area contributed by atoms with Gasteiger partial charge in [0.05, 0.1) is 11.2 Å². The van der Waals surface area contributed by atoms with Gasteiger partial charge < -0.3 is 15.4 Å². The Labute approximate surface area is 185 Å². The third-order valence-electron chi connectivity index (χ3n) is 6.99. The minimum atomic E-state index is -0.644. The number of aliphatic hydroxyl groups is 1. The number of aliphatic hydroxyl groups excluding tert-OH is 1. The number of aromatic nitrogens is 1. The second-order valence-corrected chi connectivity index (χ2v) is 9.88. The highest BCUT2D eigenvalue weighted by atomic mass is 19.1. The molecule has 2 unspecified atom stereocenters. The highest BCUT2D eigenvalue weighted by Gasteiger charge is 2.39. The molecule has 0 spiro atoms. The lowest BCUT2D eigenvalue weighted by Gasteiger charge is -2.39. The molecule has 1 saturated carbocycles. The Morgan fingerprint density at radius 3 is 2.44 bits per heavy atom. The molecule has 170 valence electrons. The fraction of sp³-hybridized carbons (Fsp3) is 0.440. The van der Waals surface area contributed by atoms with Gasteiger partial charge in [0.15, 0.2) is 0 Å². The highest BCUT2D eigenvalue weighted by Crippen LogP contribution is 2.46. The van der Waals surface area contributed by atoms with Crippen molar-refractivity contribution in [2.75, 3.05) is 0 Å². The Balaban J connectivity index is 1.39. The van der Waals surface area contributed by atoms with E-state index in [0.717, 1.165) is 42.9 Å². The summed E-state index contributed by atoms with van der Waals surface area (Å²) in [5.41, 5.74) is 2.55. The zero-order valence-corrected chi connectivity index (χ0v) is 18.2. The van der Waals surface area contributed by atoms with E-state index in [2.05, 4.69) is 29.5 Å². The maximum atomic E-state index is 14.5. The van der Waals surface area contributed by atoms with Crippen LogP contribution in [0.15, 0.2) is 36.4 Å². The van der Waals surface area contributed by atoms with Crippen molar-refractivity contribution in [2.45, 2.75) is 69.3 Å². The fourth-order valence-electron chi connectivity index (χ4n) is 5.25. The van der Waals surface area contributed by atoms with Gasteiger partial charge in [-0.25, -0.2) is 13.2 Å². The number of benzene rings is 2. The van der Waals surface area contributed by atoms with E-state index < -0.39 is 17.9 Å². The summed E-state index contributed by atoms with van der Waals surface area (Å²) in [5.74, 6) is -1.55. The summed E-state index contributed by atoms with van der Waals surface area (Å²) in [6.45, 7) is 4.26. The third-order valence-corrected chi connectivity index (χ3v) is 6.99. The van der Waals surface area contributed by atoms with Gasteiger partial charge in [-0.1, -0.05) is 0 Å². The molecule has 2 aliphatic rings. The van der Waals surface area contributed by atoms with E-state index in [9.17, 15) is 18.3 Å². The molecule has 3 aromatic rings. The lowest BCUT2D eigenvalue weighted by molar-refractivity contribution is 0.0658. The normalized spacial score (nSPS) is 25.8. The zero-order chi connectivity index (χ0) is 22.6. The third kappa shape index (κ3) is 3.93. The van der Waals surface area contributed by atoms with E-state index in [4.69, 9.17) is 0 Å². The predicted octanol–water partition coefficient (Wildman–Crippen LogP) is 4.94. The summed E-state index contributed by atoms with van der Waals surface area (Å²) in [7, 11) is 0. The van der Waals surface area contributed by atoms with Gasteiger partial charge in [0, 0.05) is 29.1 Å². The molecule has 1 aromatic heterocycles. The molecular weight excluding hydrogens is 415 g/mol. The van der Waals surface area contributed by atoms with Gasteiger partial charge in [-0.2, -0.15) is 0 Å². The summed E-state index contributed by atoms with van der Waals surface area (Å²) in [5, 5.41) is 17.9. The average molecular weight is 444 g/mol. The van der Waals surface area contributed by atoms with Crippen molar-refractivity contribution < 1.29 is 18.3 Å². The van der Waals surface area contributed by atoms with E-state index in [0.29, 0.717) is 11.1 Å². The quantitative estimate of drug-likeness (QED) is 0.423. The molecule has 2 aromatic carbocycles.